The SMILES string of the molecule is CCN(CCC#N)c1ccc(CNCc2ccc(C)cc2)c(C)c1.O=C(O)C(=O)O. The summed E-state index contributed by atoms with van der Waals surface area (Å²) in [4.78, 5) is 20.4. The third-order valence-electron chi connectivity index (χ3n) is 4.51. The second-order valence-corrected chi connectivity index (χ2v) is 6.80. The normalized spacial score (nSPS) is 9.80. The van der Waals surface area contributed by atoms with Crippen molar-refractivity contribution in [2.75, 3.05) is 18.0 Å². The molecule has 0 aromatic heterocycles. The molecule has 0 atom stereocenters. The van der Waals surface area contributed by atoms with E-state index in [0.29, 0.717) is 6.42 Å². The summed E-state index contributed by atoms with van der Waals surface area (Å²) < 4.78 is 0. The topological polar surface area (TPSA) is 114 Å². The number of nitrogens with zero attached hydrogens (tertiary/aromatic N) is 2. The Kier molecular flexibility index (Phi) is 10.7. The Balaban J connectivity index is 0.000000656. The monoisotopic (exact) mass is 411 g/mol. The van der Waals surface area contributed by atoms with Crippen LogP contribution in [0.3, 0.4) is 0 Å². The van der Waals surface area contributed by atoms with Gasteiger partial charge in [0.05, 0.1) is 12.5 Å². The lowest BCUT2D eigenvalue weighted by Crippen LogP contribution is -2.23. The number of carboxylic acids is 2. The molecule has 0 radical (unpaired) electrons. The van der Waals surface area contributed by atoms with Gasteiger partial charge in [-0.05, 0) is 49.6 Å². The van der Waals surface area contributed by atoms with Crippen molar-refractivity contribution in [3.63, 3.8) is 0 Å². The van der Waals surface area contributed by atoms with Crippen LogP contribution in [-0.2, 0) is 22.7 Å². The standard InChI is InChI=1S/C21H27N3.C2H2O4/c1-4-24(13-5-12-22)21-11-10-20(18(3)14-21)16-23-15-19-8-6-17(2)7-9-19;3-1(4)2(5)6/h6-11,14,23H,4-5,13,15-16H2,1-3H3;(H,3,4)(H,5,6). The van der Waals surface area contributed by atoms with Gasteiger partial charge in [0, 0.05) is 31.9 Å². The Morgan fingerprint density at radius 3 is 2.17 bits per heavy atom. The summed E-state index contributed by atoms with van der Waals surface area (Å²) >= 11 is 0. The Hall–Kier alpha value is -3.37. The van der Waals surface area contributed by atoms with Gasteiger partial charge >= 0.3 is 11.9 Å². The molecule has 2 rings (SSSR count). The van der Waals surface area contributed by atoms with Crippen LogP contribution in [-0.4, -0.2) is 35.2 Å². The van der Waals surface area contributed by atoms with Crippen molar-refractivity contribution in [2.45, 2.75) is 40.3 Å². The van der Waals surface area contributed by atoms with Crippen molar-refractivity contribution in [1.29, 1.82) is 5.26 Å². The van der Waals surface area contributed by atoms with E-state index in [4.69, 9.17) is 25.1 Å². The Labute approximate surface area is 177 Å². The van der Waals surface area contributed by atoms with E-state index >= 15 is 0 Å². The van der Waals surface area contributed by atoms with Crippen molar-refractivity contribution < 1.29 is 19.8 Å². The van der Waals surface area contributed by atoms with Gasteiger partial charge in [0.1, 0.15) is 0 Å². The molecule has 3 N–H and O–H groups in total. The first-order chi connectivity index (χ1) is 14.3. The molecule has 0 amide bonds. The average Bonchev–Trinajstić information content (AvgIpc) is 2.72. The molecule has 0 spiro atoms. The molecule has 0 aliphatic carbocycles. The number of carboxylic acid groups (broad SMARTS) is 2. The van der Waals surface area contributed by atoms with E-state index < -0.39 is 11.9 Å². The summed E-state index contributed by atoms with van der Waals surface area (Å²) in [7, 11) is 0. The maximum atomic E-state index is 9.10. The zero-order valence-corrected chi connectivity index (χ0v) is 17.7. The molecule has 0 heterocycles. The summed E-state index contributed by atoms with van der Waals surface area (Å²) in [5.74, 6) is -3.65. The highest BCUT2D eigenvalue weighted by Gasteiger charge is 2.06. The maximum Gasteiger partial charge on any atom is 0.414 e. The summed E-state index contributed by atoms with van der Waals surface area (Å²) in [6, 6.07) is 17.5. The Bertz CT molecular complexity index is 861. The van der Waals surface area contributed by atoms with Gasteiger partial charge in [0.25, 0.3) is 0 Å². The number of aliphatic carboxylic acids is 2. The molecule has 0 unspecified atom stereocenters. The highest BCUT2D eigenvalue weighted by molar-refractivity contribution is 6.27. The molecule has 0 fully saturated rings. The van der Waals surface area contributed by atoms with Gasteiger partial charge in [-0.15, -0.1) is 0 Å². The van der Waals surface area contributed by atoms with Crippen LogP contribution in [0.25, 0.3) is 0 Å². The highest BCUT2D eigenvalue weighted by atomic mass is 16.4. The lowest BCUT2D eigenvalue weighted by Gasteiger charge is -2.23. The third-order valence-corrected chi connectivity index (χ3v) is 4.51. The minimum atomic E-state index is -1.82. The Morgan fingerprint density at radius 1 is 1.03 bits per heavy atom. The van der Waals surface area contributed by atoms with E-state index in [1.807, 2.05) is 0 Å². The van der Waals surface area contributed by atoms with Crippen LogP contribution < -0.4 is 10.2 Å². The van der Waals surface area contributed by atoms with Crippen molar-refractivity contribution in [1.82, 2.24) is 5.32 Å². The van der Waals surface area contributed by atoms with Crippen LogP contribution in [0.15, 0.2) is 42.5 Å². The van der Waals surface area contributed by atoms with E-state index in [0.717, 1.165) is 26.2 Å². The van der Waals surface area contributed by atoms with E-state index in [1.165, 1.54) is 27.9 Å². The lowest BCUT2D eigenvalue weighted by molar-refractivity contribution is -0.159. The molecule has 0 saturated heterocycles. The van der Waals surface area contributed by atoms with Crippen LogP contribution in [0.2, 0.25) is 0 Å². The molecular weight excluding hydrogens is 382 g/mol. The average molecular weight is 412 g/mol. The van der Waals surface area contributed by atoms with Crippen LogP contribution in [0.1, 0.15) is 35.6 Å². The molecule has 160 valence electrons. The minimum absolute atomic E-state index is 0.562. The van der Waals surface area contributed by atoms with E-state index in [-0.39, 0.29) is 0 Å². The predicted molar refractivity (Wildman–Crippen MR) is 116 cm³/mol. The number of nitriles is 1. The second-order valence-electron chi connectivity index (χ2n) is 6.80. The van der Waals surface area contributed by atoms with Crippen molar-refractivity contribution in [3.8, 4) is 6.07 Å². The number of rotatable bonds is 8. The zero-order chi connectivity index (χ0) is 22.5. The number of nitrogens with one attached hydrogen (secondary N) is 1. The first-order valence-corrected chi connectivity index (χ1v) is 9.72. The van der Waals surface area contributed by atoms with Crippen LogP contribution in [0, 0.1) is 25.2 Å². The van der Waals surface area contributed by atoms with E-state index in [2.05, 4.69) is 79.5 Å². The molecule has 0 aliphatic heterocycles. The Morgan fingerprint density at radius 2 is 1.67 bits per heavy atom. The quantitative estimate of drug-likeness (QED) is 0.570. The smallest absolute Gasteiger partial charge is 0.414 e. The van der Waals surface area contributed by atoms with E-state index in [1.54, 1.807) is 0 Å². The van der Waals surface area contributed by atoms with Crippen molar-refractivity contribution >= 4 is 17.6 Å². The first-order valence-electron chi connectivity index (χ1n) is 9.72. The van der Waals surface area contributed by atoms with Gasteiger partial charge in [-0.3, -0.25) is 0 Å². The van der Waals surface area contributed by atoms with Gasteiger partial charge < -0.3 is 20.4 Å². The number of anilines is 1. The van der Waals surface area contributed by atoms with Crippen molar-refractivity contribution in [2.24, 2.45) is 0 Å². The number of benzene rings is 2. The molecule has 30 heavy (non-hydrogen) atoms. The predicted octanol–water partition coefficient (Wildman–Crippen LogP) is 3.49. The second kappa shape index (κ2) is 13.0. The first kappa shape index (κ1) is 24.7. The van der Waals surface area contributed by atoms with Crippen molar-refractivity contribution in [3.05, 3.63) is 64.7 Å². The summed E-state index contributed by atoms with van der Waals surface area (Å²) in [6.45, 7) is 9.85. The zero-order valence-electron chi connectivity index (χ0n) is 17.7. The van der Waals surface area contributed by atoms with Crippen LogP contribution in [0.5, 0.6) is 0 Å². The number of aryl methyl sites for hydroxylation is 2. The third kappa shape index (κ3) is 8.76. The number of hydrogen-bond acceptors (Lipinski definition) is 5. The molecule has 0 aliphatic rings. The number of carbonyl (C=O) groups is 2. The highest BCUT2D eigenvalue weighted by Crippen LogP contribution is 2.19. The molecule has 0 bridgehead atoms. The largest absolute Gasteiger partial charge is 0.473 e. The minimum Gasteiger partial charge on any atom is -0.473 e. The molecule has 7 nitrogen and oxygen atoms in total. The summed E-state index contributed by atoms with van der Waals surface area (Å²) in [5.41, 5.74) is 6.42. The maximum absolute atomic E-state index is 9.10. The molecule has 0 saturated carbocycles. The fourth-order valence-corrected chi connectivity index (χ4v) is 2.78. The fraction of sp³-hybridized carbons (Fsp3) is 0.348. The fourth-order valence-electron chi connectivity index (χ4n) is 2.78. The van der Waals surface area contributed by atoms with Gasteiger partial charge in [0.15, 0.2) is 0 Å². The summed E-state index contributed by atoms with van der Waals surface area (Å²) in [6.07, 6.45) is 0.562. The molecule has 2 aromatic carbocycles. The van der Waals surface area contributed by atoms with Gasteiger partial charge in [0.2, 0.25) is 0 Å². The molecule has 7 heteroatoms. The summed E-state index contributed by atoms with van der Waals surface area (Å²) in [5, 5.41) is 27.1. The van der Waals surface area contributed by atoms with E-state index in [9.17, 15) is 0 Å². The molecular formula is C23H29N3O4. The van der Waals surface area contributed by atoms with Crippen LogP contribution >= 0.6 is 0 Å². The van der Waals surface area contributed by atoms with Crippen LogP contribution in [0.4, 0.5) is 5.69 Å². The van der Waals surface area contributed by atoms with Gasteiger partial charge in [-0.2, -0.15) is 5.26 Å². The van der Waals surface area contributed by atoms with Gasteiger partial charge in [-0.1, -0.05) is 35.9 Å². The number of hydrogen-bond donors (Lipinski definition) is 3. The van der Waals surface area contributed by atoms with Gasteiger partial charge in [-0.25, -0.2) is 9.59 Å². The lowest BCUT2D eigenvalue weighted by atomic mass is 10.1. The molecule has 2 aromatic rings.